The maximum Gasteiger partial charge on any atom is 0.335 e. The smallest absolute Gasteiger partial charge is 0.335 e. The summed E-state index contributed by atoms with van der Waals surface area (Å²) in [5.41, 5.74) is 4.05. The number of para-hydroxylation sites is 2. The third-order valence-corrected chi connectivity index (χ3v) is 3.99. The van der Waals surface area contributed by atoms with Gasteiger partial charge in [-0.2, -0.15) is 0 Å². The van der Waals surface area contributed by atoms with Crippen molar-refractivity contribution in [1.82, 2.24) is 9.97 Å². The van der Waals surface area contributed by atoms with Gasteiger partial charge in [0.2, 0.25) is 0 Å². The number of carbonyl (C=O) groups is 2. The Morgan fingerprint density at radius 3 is 1.96 bits per heavy atom. The molecule has 4 rings (SSSR count). The van der Waals surface area contributed by atoms with Gasteiger partial charge in [0.1, 0.15) is 0 Å². The monoisotopic (exact) mass is 343 g/mol. The zero-order chi connectivity index (χ0) is 18.1. The molecule has 0 aliphatic heterocycles. The number of carbonyl (C=O) groups excluding carboxylic acids is 1. The molecule has 0 radical (unpaired) electrons. The summed E-state index contributed by atoms with van der Waals surface area (Å²) in [4.78, 5) is 32.4. The summed E-state index contributed by atoms with van der Waals surface area (Å²) in [5.74, 6) is -1.31. The molecule has 0 fully saturated rings. The van der Waals surface area contributed by atoms with Crippen LogP contribution in [0.2, 0.25) is 0 Å². The summed E-state index contributed by atoms with van der Waals surface area (Å²) < 4.78 is 0. The number of nitrogens with zero attached hydrogens (tertiary/aromatic N) is 2. The quantitative estimate of drug-likeness (QED) is 0.553. The summed E-state index contributed by atoms with van der Waals surface area (Å²) in [6.45, 7) is 0. The number of carboxylic acids is 1. The summed E-state index contributed by atoms with van der Waals surface area (Å²) in [6.07, 6.45) is 0. The largest absolute Gasteiger partial charge is 0.478 e. The minimum atomic E-state index is -1.01. The molecule has 0 bridgehead atoms. The number of benzene rings is 3. The molecule has 4 aromatic rings. The summed E-state index contributed by atoms with van der Waals surface area (Å²) in [7, 11) is 0. The molecule has 3 aromatic carbocycles. The fraction of sp³-hybridized carbons (Fsp3) is 0. The molecule has 0 aliphatic carbocycles. The fourth-order valence-corrected chi connectivity index (χ4v) is 2.66. The summed E-state index contributed by atoms with van der Waals surface area (Å²) in [6, 6.07) is 18.7. The van der Waals surface area contributed by atoms with E-state index < -0.39 is 5.97 Å². The van der Waals surface area contributed by atoms with Gasteiger partial charge in [0.15, 0.2) is 0 Å². The highest BCUT2D eigenvalue weighted by Gasteiger charge is 2.10. The second-order valence-corrected chi connectivity index (χ2v) is 5.75. The normalized spacial score (nSPS) is 10.8. The van der Waals surface area contributed by atoms with Crippen molar-refractivity contribution in [2.75, 3.05) is 5.32 Å². The number of fused-ring (bicyclic) bond motifs is 2. The highest BCUT2D eigenvalue weighted by Crippen LogP contribution is 2.18. The third-order valence-electron chi connectivity index (χ3n) is 3.99. The number of aromatic nitrogens is 2. The van der Waals surface area contributed by atoms with E-state index in [1.807, 2.05) is 24.3 Å². The first-order valence-corrected chi connectivity index (χ1v) is 7.91. The molecule has 0 aliphatic rings. The maximum atomic E-state index is 12.5. The average Bonchev–Trinajstić information content (AvgIpc) is 2.66. The predicted octanol–water partition coefficient (Wildman–Crippen LogP) is 3.73. The van der Waals surface area contributed by atoms with Crippen LogP contribution in [0.1, 0.15) is 20.7 Å². The van der Waals surface area contributed by atoms with E-state index in [0.29, 0.717) is 22.3 Å². The standard InChI is InChI=1S/C20H13N3O3/c24-19(21-14-8-5-12(6-9-14)20(25)26)13-7-10-17-18(11-13)23-16-4-2-1-3-15(16)22-17/h1-11H,(H,21,24)(H,25,26). The minimum Gasteiger partial charge on any atom is -0.478 e. The number of rotatable bonds is 3. The van der Waals surface area contributed by atoms with Crippen LogP contribution in [0.5, 0.6) is 0 Å². The SMILES string of the molecule is O=C(O)c1ccc(NC(=O)c2ccc3nc4ccccc4nc3c2)cc1. The second kappa shape index (κ2) is 6.25. The Morgan fingerprint density at radius 2 is 1.31 bits per heavy atom. The average molecular weight is 343 g/mol. The molecule has 6 heteroatoms. The Balaban J connectivity index is 1.63. The molecule has 0 saturated heterocycles. The van der Waals surface area contributed by atoms with Crippen LogP contribution in [-0.4, -0.2) is 27.0 Å². The number of aromatic carboxylic acids is 1. The van der Waals surface area contributed by atoms with E-state index in [9.17, 15) is 9.59 Å². The van der Waals surface area contributed by atoms with E-state index in [1.54, 1.807) is 30.3 Å². The minimum absolute atomic E-state index is 0.163. The number of amides is 1. The van der Waals surface area contributed by atoms with Gasteiger partial charge >= 0.3 is 5.97 Å². The first kappa shape index (κ1) is 15.7. The topological polar surface area (TPSA) is 92.2 Å². The Hall–Kier alpha value is -3.80. The van der Waals surface area contributed by atoms with Crippen molar-refractivity contribution in [3.05, 3.63) is 77.9 Å². The van der Waals surface area contributed by atoms with Crippen LogP contribution in [0.3, 0.4) is 0 Å². The zero-order valence-electron chi connectivity index (χ0n) is 13.5. The predicted molar refractivity (Wildman–Crippen MR) is 98.4 cm³/mol. The van der Waals surface area contributed by atoms with Gasteiger partial charge in [-0.05, 0) is 54.6 Å². The molecule has 1 heterocycles. The van der Waals surface area contributed by atoms with Crippen LogP contribution in [0.4, 0.5) is 5.69 Å². The van der Waals surface area contributed by atoms with Crippen molar-refractivity contribution in [1.29, 1.82) is 0 Å². The van der Waals surface area contributed by atoms with E-state index in [2.05, 4.69) is 15.3 Å². The first-order valence-electron chi connectivity index (χ1n) is 7.91. The van der Waals surface area contributed by atoms with Gasteiger partial charge in [-0.3, -0.25) is 4.79 Å². The van der Waals surface area contributed by atoms with E-state index in [-0.39, 0.29) is 11.5 Å². The Kier molecular flexibility index (Phi) is 3.78. The fourth-order valence-electron chi connectivity index (χ4n) is 2.66. The molecule has 0 unspecified atom stereocenters. The lowest BCUT2D eigenvalue weighted by Crippen LogP contribution is -2.12. The third kappa shape index (κ3) is 2.95. The van der Waals surface area contributed by atoms with Crippen LogP contribution >= 0.6 is 0 Å². The van der Waals surface area contributed by atoms with E-state index >= 15 is 0 Å². The zero-order valence-corrected chi connectivity index (χ0v) is 13.5. The van der Waals surface area contributed by atoms with Crippen LogP contribution in [0.15, 0.2) is 66.7 Å². The van der Waals surface area contributed by atoms with Gasteiger partial charge < -0.3 is 10.4 Å². The lowest BCUT2D eigenvalue weighted by Gasteiger charge is -2.07. The molecule has 1 amide bonds. The summed E-state index contributed by atoms with van der Waals surface area (Å²) >= 11 is 0. The highest BCUT2D eigenvalue weighted by atomic mass is 16.4. The molecule has 0 spiro atoms. The highest BCUT2D eigenvalue weighted by molar-refractivity contribution is 6.06. The van der Waals surface area contributed by atoms with E-state index in [0.717, 1.165) is 11.0 Å². The number of anilines is 1. The Bertz CT molecular complexity index is 1150. The van der Waals surface area contributed by atoms with Crippen molar-refractivity contribution >= 4 is 39.6 Å². The van der Waals surface area contributed by atoms with Gasteiger partial charge in [0.05, 0.1) is 27.6 Å². The molecular formula is C20H13N3O3. The number of carboxylic acid groups (broad SMARTS) is 1. The first-order chi connectivity index (χ1) is 12.6. The van der Waals surface area contributed by atoms with Crippen LogP contribution < -0.4 is 5.32 Å². The molecular weight excluding hydrogens is 330 g/mol. The van der Waals surface area contributed by atoms with E-state index in [4.69, 9.17) is 5.11 Å². The molecule has 0 saturated carbocycles. The summed E-state index contributed by atoms with van der Waals surface area (Å²) in [5, 5.41) is 11.7. The Morgan fingerprint density at radius 1 is 0.731 bits per heavy atom. The van der Waals surface area contributed by atoms with Crippen molar-refractivity contribution < 1.29 is 14.7 Å². The molecule has 2 N–H and O–H groups in total. The van der Waals surface area contributed by atoms with Crippen LogP contribution in [0.25, 0.3) is 22.1 Å². The van der Waals surface area contributed by atoms with Gasteiger partial charge in [0.25, 0.3) is 5.91 Å². The molecule has 6 nitrogen and oxygen atoms in total. The Labute approximate surface area is 148 Å². The van der Waals surface area contributed by atoms with Gasteiger partial charge in [-0.1, -0.05) is 12.1 Å². The van der Waals surface area contributed by atoms with Crippen molar-refractivity contribution in [3.63, 3.8) is 0 Å². The number of hydrogen-bond acceptors (Lipinski definition) is 4. The lowest BCUT2D eigenvalue weighted by atomic mass is 10.1. The van der Waals surface area contributed by atoms with Crippen molar-refractivity contribution in [3.8, 4) is 0 Å². The number of hydrogen-bond donors (Lipinski definition) is 2. The van der Waals surface area contributed by atoms with Crippen molar-refractivity contribution in [2.45, 2.75) is 0 Å². The van der Waals surface area contributed by atoms with Gasteiger partial charge in [-0.25, -0.2) is 14.8 Å². The van der Waals surface area contributed by atoms with Crippen molar-refractivity contribution in [2.24, 2.45) is 0 Å². The molecule has 1 aromatic heterocycles. The second-order valence-electron chi connectivity index (χ2n) is 5.75. The lowest BCUT2D eigenvalue weighted by molar-refractivity contribution is 0.0696. The van der Waals surface area contributed by atoms with Crippen LogP contribution in [-0.2, 0) is 0 Å². The van der Waals surface area contributed by atoms with Gasteiger partial charge in [-0.15, -0.1) is 0 Å². The molecule has 126 valence electrons. The van der Waals surface area contributed by atoms with Crippen LogP contribution in [0, 0.1) is 0 Å². The molecule has 0 atom stereocenters. The van der Waals surface area contributed by atoms with E-state index in [1.165, 1.54) is 12.1 Å². The number of nitrogens with one attached hydrogen (secondary N) is 1. The maximum absolute atomic E-state index is 12.5. The molecule has 26 heavy (non-hydrogen) atoms. The van der Waals surface area contributed by atoms with Gasteiger partial charge in [0, 0.05) is 11.3 Å².